The van der Waals surface area contributed by atoms with Crippen molar-refractivity contribution in [2.75, 3.05) is 31.4 Å². The third kappa shape index (κ3) is 6.62. The number of carbonyl (C=O) groups is 1. The number of carboxylic acid groups (broad SMARTS) is 1. The van der Waals surface area contributed by atoms with Crippen LogP contribution in [0.15, 0.2) is 76.5 Å². The van der Waals surface area contributed by atoms with Crippen LogP contribution < -0.4 is 14.4 Å². The molecule has 3 aromatic rings. The summed E-state index contributed by atoms with van der Waals surface area (Å²) >= 11 is 1.43. The predicted molar refractivity (Wildman–Crippen MR) is 167 cm³/mol. The number of unbranched alkanes of at least 4 members (excludes halogenated alkanes) is 1. The highest BCUT2D eigenvalue weighted by molar-refractivity contribution is 8.22. The van der Waals surface area contributed by atoms with Gasteiger partial charge >= 0.3 is 5.97 Å². The van der Waals surface area contributed by atoms with Gasteiger partial charge in [-0.1, -0.05) is 57.0 Å². The van der Waals surface area contributed by atoms with Crippen molar-refractivity contribution in [1.82, 2.24) is 4.31 Å². The van der Waals surface area contributed by atoms with E-state index in [1.54, 1.807) is 13.2 Å². The Morgan fingerprint density at radius 1 is 1.07 bits per heavy atom. The SMILES string of the molecule is CCCC[C@]1(CC)CN(c2ccccc2)c2cc(SC)c(OCC(=O)O)cc2S(O)(O)N1Cc1ccc(OC)cc1. The average molecular weight is 601 g/mol. The molecule has 0 saturated carbocycles. The minimum absolute atomic E-state index is 0.307. The fourth-order valence-corrected chi connectivity index (χ4v) is 8.04. The van der Waals surface area contributed by atoms with Crippen molar-refractivity contribution in [3.8, 4) is 11.5 Å². The zero-order chi connectivity index (χ0) is 29.6. The molecule has 222 valence electrons. The van der Waals surface area contributed by atoms with Gasteiger partial charge in [0.2, 0.25) is 0 Å². The Bertz CT molecular complexity index is 1320. The van der Waals surface area contributed by atoms with Gasteiger partial charge in [-0.15, -0.1) is 22.5 Å². The van der Waals surface area contributed by atoms with Gasteiger partial charge in [-0.25, -0.2) is 4.79 Å². The van der Waals surface area contributed by atoms with Gasteiger partial charge in [0.1, 0.15) is 16.4 Å². The molecule has 1 heterocycles. The van der Waals surface area contributed by atoms with Crippen LogP contribution in [0.3, 0.4) is 0 Å². The minimum Gasteiger partial charge on any atom is -0.497 e. The molecule has 0 amide bonds. The molecule has 10 heteroatoms. The van der Waals surface area contributed by atoms with Crippen LogP contribution in [0.5, 0.6) is 11.5 Å². The van der Waals surface area contributed by atoms with E-state index >= 15 is 0 Å². The van der Waals surface area contributed by atoms with Crippen LogP contribution >= 0.6 is 22.5 Å². The Hall–Kier alpha value is -2.89. The van der Waals surface area contributed by atoms with Gasteiger partial charge in [-0.2, -0.15) is 4.31 Å². The number of thioether (sulfide) groups is 1. The van der Waals surface area contributed by atoms with Crippen molar-refractivity contribution in [2.24, 2.45) is 0 Å². The molecule has 4 rings (SSSR count). The van der Waals surface area contributed by atoms with E-state index in [0.717, 1.165) is 41.2 Å². The summed E-state index contributed by atoms with van der Waals surface area (Å²) in [6, 6.07) is 21.2. The topological polar surface area (TPSA) is 103 Å². The lowest BCUT2D eigenvalue weighted by Crippen LogP contribution is -2.53. The van der Waals surface area contributed by atoms with Crippen molar-refractivity contribution in [3.63, 3.8) is 0 Å². The van der Waals surface area contributed by atoms with E-state index in [1.807, 2.05) is 71.2 Å². The fraction of sp³-hybridized carbons (Fsp3) is 0.387. The first-order valence-electron chi connectivity index (χ1n) is 13.8. The number of anilines is 2. The second-order valence-electron chi connectivity index (χ2n) is 10.2. The molecule has 0 unspecified atom stereocenters. The summed E-state index contributed by atoms with van der Waals surface area (Å²) in [5.74, 6) is -0.0572. The number of rotatable bonds is 12. The summed E-state index contributed by atoms with van der Waals surface area (Å²) in [6.07, 6.45) is 5.24. The fourth-order valence-electron chi connectivity index (χ4n) is 5.39. The molecule has 0 bridgehead atoms. The van der Waals surface area contributed by atoms with Gasteiger partial charge in [-0.05, 0) is 55.0 Å². The quantitative estimate of drug-likeness (QED) is 0.179. The monoisotopic (exact) mass is 600 g/mol. The predicted octanol–water partition coefficient (Wildman–Crippen LogP) is 7.90. The first-order chi connectivity index (χ1) is 19.7. The number of para-hydroxylation sites is 1. The van der Waals surface area contributed by atoms with Crippen LogP contribution in [0.2, 0.25) is 0 Å². The number of fused-ring (bicyclic) bond motifs is 1. The van der Waals surface area contributed by atoms with Crippen LogP contribution in [0.25, 0.3) is 0 Å². The number of carboxylic acids is 1. The van der Waals surface area contributed by atoms with Crippen molar-refractivity contribution in [3.05, 3.63) is 72.3 Å². The van der Waals surface area contributed by atoms with Crippen LogP contribution in [-0.4, -0.2) is 56.5 Å². The van der Waals surface area contributed by atoms with E-state index in [-0.39, 0.29) is 0 Å². The van der Waals surface area contributed by atoms with E-state index in [4.69, 9.17) is 9.47 Å². The lowest BCUT2D eigenvalue weighted by Gasteiger charge is -2.52. The smallest absolute Gasteiger partial charge is 0.341 e. The average Bonchev–Trinajstić information content (AvgIpc) is 3.06. The minimum atomic E-state index is -3.59. The maximum atomic E-state index is 12.4. The summed E-state index contributed by atoms with van der Waals surface area (Å²) in [6.45, 7) is 4.57. The molecule has 1 aliphatic rings. The van der Waals surface area contributed by atoms with Gasteiger partial charge in [0, 0.05) is 24.8 Å². The second-order valence-corrected chi connectivity index (χ2v) is 12.9. The molecule has 3 N–H and O–H groups in total. The van der Waals surface area contributed by atoms with Crippen molar-refractivity contribution in [1.29, 1.82) is 0 Å². The zero-order valence-corrected chi connectivity index (χ0v) is 25.7. The number of nitrogens with zero attached hydrogens (tertiary/aromatic N) is 2. The first-order valence-corrected chi connectivity index (χ1v) is 16.5. The van der Waals surface area contributed by atoms with E-state index in [2.05, 4.69) is 18.7 Å². The third-order valence-corrected chi connectivity index (χ3v) is 10.5. The molecule has 0 radical (unpaired) electrons. The summed E-state index contributed by atoms with van der Waals surface area (Å²) in [5.41, 5.74) is 1.95. The molecule has 0 saturated heterocycles. The van der Waals surface area contributed by atoms with Crippen molar-refractivity contribution in [2.45, 2.75) is 61.4 Å². The highest BCUT2D eigenvalue weighted by Crippen LogP contribution is 2.64. The summed E-state index contributed by atoms with van der Waals surface area (Å²) in [5, 5.41) is 9.29. The lowest BCUT2D eigenvalue weighted by molar-refractivity contribution is -0.139. The standard InChI is InChI=1S/C31H40N2O6S2/c1-5-7-17-31(6-2)22-32(24-11-9-8-10-12-24)26-18-28(40-4)27(39-21-30(34)35)19-29(26)41(36,37)33(31)20-23-13-15-25(38-3)16-14-23/h8-16,18-19,36-37H,5-7,17,20-22H2,1-4H3,(H,34,35)/t31-/m1/s1. The van der Waals surface area contributed by atoms with Crippen LogP contribution in [-0.2, 0) is 11.3 Å². The Morgan fingerprint density at radius 2 is 1.78 bits per heavy atom. The molecule has 0 spiro atoms. The molecular formula is C31H40N2O6S2. The van der Waals surface area contributed by atoms with E-state index in [0.29, 0.717) is 35.8 Å². The second kappa shape index (κ2) is 13.4. The number of hydrogen-bond acceptors (Lipinski definition) is 8. The lowest BCUT2D eigenvalue weighted by atomic mass is 9.88. The van der Waals surface area contributed by atoms with E-state index < -0.39 is 28.9 Å². The first kappa shape index (κ1) is 31.1. The van der Waals surface area contributed by atoms with Gasteiger partial charge < -0.3 is 19.5 Å². The Kier molecular flexibility index (Phi) is 10.1. The van der Waals surface area contributed by atoms with E-state index in [1.165, 1.54) is 11.8 Å². The molecule has 41 heavy (non-hydrogen) atoms. The maximum absolute atomic E-state index is 12.4. The molecule has 1 aliphatic heterocycles. The zero-order valence-electron chi connectivity index (χ0n) is 24.1. The van der Waals surface area contributed by atoms with Crippen LogP contribution in [0.4, 0.5) is 11.4 Å². The highest BCUT2D eigenvalue weighted by Gasteiger charge is 2.48. The van der Waals surface area contributed by atoms with Gasteiger partial charge in [0.25, 0.3) is 0 Å². The van der Waals surface area contributed by atoms with E-state index in [9.17, 15) is 19.0 Å². The molecule has 0 aromatic heterocycles. The van der Waals surface area contributed by atoms with Crippen LogP contribution in [0.1, 0.15) is 45.1 Å². The van der Waals surface area contributed by atoms with Gasteiger partial charge in [0.15, 0.2) is 6.61 Å². The van der Waals surface area contributed by atoms with Gasteiger partial charge in [-0.3, -0.25) is 9.11 Å². The van der Waals surface area contributed by atoms with Crippen molar-refractivity contribution < 1.29 is 28.5 Å². The number of hydrogen-bond donors (Lipinski definition) is 3. The normalized spacial score (nSPS) is 19.2. The molecular weight excluding hydrogens is 560 g/mol. The molecule has 0 aliphatic carbocycles. The molecule has 1 atom stereocenters. The molecule has 3 aromatic carbocycles. The van der Waals surface area contributed by atoms with Crippen LogP contribution in [0, 0.1) is 0 Å². The number of ether oxygens (including phenoxy) is 2. The summed E-state index contributed by atoms with van der Waals surface area (Å²) in [7, 11) is -1.97. The van der Waals surface area contributed by atoms with Gasteiger partial charge in [0.05, 0.1) is 23.2 Å². The maximum Gasteiger partial charge on any atom is 0.341 e. The Balaban J connectivity index is 1.97. The molecule has 0 fully saturated rings. The Morgan fingerprint density at radius 3 is 2.37 bits per heavy atom. The summed E-state index contributed by atoms with van der Waals surface area (Å²) < 4.78 is 37.6. The number of aliphatic carboxylic acids is 1. The van der Waals surface area contributed by atoms with Crippen molar-refractivity contribution >= 4 is 39.9 Å². The Labute approximate surface area is 248 Å². The number of methoxy groups -OCH3 is 1. The summed E-state index contributed by atoms with van der Waals surface area (Å²) in [4.78, 5) is 14.6. The third-order valence-electron chi connectivity index (χ3n) is 7.68. The largest absolute Gasteiger partial charge is 0.497 e. The highest BCUT2D eigenvalue weighted by atomic mass is 32.3. The number of benzene rings is 3. The molecule has 8 nitrogen and oxygen atoms in total.